The average Bonchev–Trinajstić information content (AvgIpc) is 3.35. The van der Waals surface area contributed by atoms with Crippen molar-refractivity contribution in [1.82, 2.24) is 4.98 Å². The van der Waals surface area contributed by atoms with Crippen LogP contribution in [0.2, 0.25) is 0 Å². The molecule has 0 fully saturated rings. The molecule has 0 atom stereocenters. The van der Waals surface area contributed by atoms with Crippen LogP contribution in [0.1, 0.15) is 25.0 Å². The molecule has 2 heterocycles. The highest BCUT2D eigenvalue weighted by molar-refractivity contribution is 6.18. The molecule has 2 aromatic heterocycles. The molecule has 0 saturated heterocycles. The van der Waals surface area contributed by atoms with E-state index in [2.05, 4.69) is 85.6 Å². The molecule has 29 heavy (non-hydrogen) atoms. The second-order valence-corrected chi connectivity index (χ2v) is 8.70. The van der Waals surface area contributed by atoms with Gasteiger partial charge < -0.3 is 9.40 Å². The van der Waals surface area contributed by atoms with Crippen molar-refractivity contribution < 1.29 is 4.42 Å². The van der Waals surface area contributed by atoms with Crippen LogP contribution in [0.4, 0.5) is 0 Å². The third-order valence-electron chi connectivity index (χ3n) is 6.80. The first-order valence-corrected chi connectivity index (χ1v) is 10.1. The Bertz CT molecular complexity index is 1630. The van der Waals surface area contributed by atoms with Gasteiger partial charge in [-0.1, -0.05) is 56.3 Å². The van der Waals surface area contributed by atoms with Gasteiger partial charge in [-0.25, -0.2) is 0 Å². The minimum absolute atomic E-state index is 0.0651. The molecule has 1 aliphatic rings. The van der Waals surface area contributed by atoms with E-state index in [9.17, 15) is 0 Å². The number of furan rings is 1. The van der Waals surface area contributed by atoms with Crippen LogP contribution >= 0.6 is 0 Å². The summed E-state index contributed by atoms with van der Waals surface area (Å²) < 4.78 is 6.21. The summed E-state index contributed by atoms with van der Waals surface area (Å²) in [5.41, 5.74) is 9.69. The Kier molecular flexibility index (Phi) is 2.60. The maximum atomic E-state index is 6.21. The standard InChI is InChI=1S/C27H19NO/c1-27(2)19-11-12-22-26(16-8-3-5-9-21(16)28-22)25(19)18-13-17-15-7-4-6-10-23(15)29-24(17)14-20(18)27/h3-14,28H,1-2H3. The number of aromatic nitrogens is 1. The van der Waals surface area contributed by atoms with E-state index in [1.165, 1.54) is 54.8 Å². The Morgan fingerprint density at radius 1 is 0.690 bits per heavy atom. The maximum absolute atomic E-state index is 6.21. The molecule has 0 aliphatic heterocycles. The van der Waals surface area contributed by atoms with Gasteiger partial charge in [0.05, 0.1) is 0 Å². The number of H-pyrrole nitrogens is 1. The fourth-order valence-corrected chi connectivity index (χ4v) is 5.38. The number of rotatable bonds is 0. The molecule has 2 heteroatoms. The molecule has 6 aromatic rings. The van der Waals surface area contributed by atoms with E-state index in [1.807, 2.05) is 6.07 Å². The quantitative estimate of drug-likeness (QED) is 0.293. The highest BCUT2D eigenvalue weighted by Gasteiger charge is 2.37. The van der Waals surface area contributed by atoms with Gasteiger partial charge in [-0.15, -0.1) is 0 Å². The third kappa shape index (κ3) is 1.78. The van der Waals surface area contributed by atoms with Crippen LogP contribution in [-0.2, 0) is 5.41 Å². The van der Waals surface area contributed by atoms with E-state index in [0.29, 0.717) is 0 Å². The molecule has 2 nitrogen and oxygen atoms in total. The minimum atomic E-state index is -0.0651. The lowest BCUT2D eigenvalue weighted by atomic mass is 9.82. The van der Waals surface area contributed by atoms with Crippen LogP contribution in [0, 0.1) is 0 Å². The Morgan fingerprint density at radius 2 is 1.48 bits per heavy atom. The van der Waals surface area contributed by atoms with E-state index < -0.39 is 0 Å². The summed E-state index contributed by atoms with van der Waals surface area (Å²) in [4.78, 5) is 3.61. The fourth-order valence-electron chi connectivity index (χ4n) is 5.38. The van der Waals surface area contributed by atoms with Crippen molar-refractivity contribution in [3.8, 4) is 11.1 Å². The number of nitrogens with one attached hydrogen (secondary N) is 1. The SMILES string of the molecule is CC1(C)c2cc3oc4ccccc4c3cc2-c2c1ccc1[nH]c3ccccc3c21. The second kappa shape index (κ2) is 4.90. The van der Waals surface area contributed by atoms with Crippen molar-refractivity contribution in [2.75, 3.05) is 0 Å². The predicted molar refractivity (Wildman–Crippen MR) is 121 cm³/mol. The Labute approximate surface area is 167 Å². The lowest BCUT2D eigenvalue weighted by Crippen LogP contribution is -2.14. The summed E-state index contributed by atoms with van der Waals surface area (Å²) in [6, 6.07) is 26.1. The molecule has 1 N–H and O–H groups in total. The van der Waals surface area contributed by atoms with E-state index in [4.69, 9.17) is 4.42 Å². The number of hydrogen-bond donors (Lipinski definition) is 1. The van der Waals surface area contributed by atoms with Crippen molar-refractivity contribution >= 4 is 43.7 Å². The van der Waals surface area contributed by atoms with Crippen molar-refractivity contribution in [3.05, 3.63) is 83.9 Å². The molecule has 0 radical (unpaired) electrons. The number of aromatic amines is 1. The number of fused-ring (bicyclic) bond motifs is 10. The summed E-state index contributed by atoms with van der Waals surface area (Å²) in [7, 11) is 0. The lowest BCUT2D eigenvalue weighted by Gasteiger charge is -2.21. The second-order valence-electron chi connectivity index (χ2n) is 8.70. The van der Waals surface area contributed by atoms with Crippen LogP contribution in [0.3, 0.4) is 0 Å². The van der Waals surface area contributed by atoms with Crippen LogP contribution in [0.25, 0.3) is 54.9 Å². The van der Waals surface area contributed by atoms with E-state index in [0.717, 1.165) is 11.2 Å². The summed E-state index contributed by atoms with van der Waals surface area (Å²) in [6.45, 7) is 4.65. The Hall–Kier alpha value is -3.52. The first-order valence-electron chi connectivity index (χ1n) is 10.1. The van der Waals surface area contributed by atoms with Crippen molar-refractivity contribution in [1.29, 1.82) is 0 Å². The van der Waals surface area contributed by atoms with Crippen molar-refractivity contribution in [3.63, 3.8) is 0 Å². The fraction of sp³-hybridized carbons (Fsp3) is 0.111. The maximum Gasteiger partial charge on any atom is 0.135 e. The predicted octanol–water partition coefficient (Wildman–Crippen LogP) is 7.53. The largest absolute Gasteiger partial charge is 0.456 e. The highest BCUT2D eigenvalue weighted by Crippen LogP contribution is 2.53. The zero-order valence-corrected chi connectivity index (χ0v) is 16.3. The van der Waals surface area contributed by atoms with E-state index in [1.54, 1.807) is 0 Å². The smallest absolute Gasteiger partial charge is 0.135 e. The number of hydrogen-bond acceptors (Lipinski definition) is 1. The van der Waals surface area contributed by atoms with Crippen LogP contribution in [0.15, 0.2) is 77.2 Å². The van der Waals surface area contributed by atoms with Gasteiger partial charge in [0, 0.05) is 38.0 Å². The average molecular weight is 373 g/mol. The van der Waals surface area contributed by atoms with Gasteiger partial charge in [0.1, 0.15) is 11.2 Å². The van der Waals surface area contributed by atoms with Crippen LogP contribution in [-0.4, -0.2) is 4.98 Å². The van der Waals surface area contributed by atoms with Gasteiger partial charge in [-0.05, 0) is 52.6 Å². The first kappa shape index (κ1) is 15.4. The Balaban J connectivity index is 1.70. The lowest BCUT2D eigenvalue weighted by molar-refractivity contribution is 0.647. The molecule has 0 saturated carbocycles. The summed E-state index contributed by atoms with van der Waals surface area (Å²) in [5, 5.41) is 5.00. The molecule has 0 bridgehead atoms. The van der Waals surface area contributed by atoms with Gasteiger partial charge in [-0.2, -0.15) is 0 Å². The van der Waals surface area contributed by atoms with Crippen molar-refractivity contribution in [2.24, 2.45) is 0 Å². The summed E-state index contributed by atoms with van der Waals surface area (Å²) in [5.74, 6) is 0. The van der Waals surface area contributed by atoms with E-state index in [-0.39, 0.29) is 5.41 Å². The molecule has 4 aromatic carbocycles. The van der Waals surface area contributed by atoms with Gasteiger partial charge in [0.2, 0.25) is 0 Å². The monoisotopic (exact) mass is 373 g/mol. The van der Waals surface area contributed by atoms with Crippen LogP contribution < -0.4 is 0 Å². The van der Waals surface area contributed by atoms with E-state index >= 15 is 0 Å². The molecule has 1 aliphatic carbocycles. The molecular weight excluding hydrogens is 354 g/mol. The molecule has 0 amide bonds. The van der Waals surface area contributed by atoms with Gasteiger partial charge >= 0.3 is 0 Å². The number of benzene rings is 4. The molecular formula is C27H19NO. The zero-order valence-electron chi connectivity index (χ0n) is 16.3. The van der Waals surface area contributed by atoms with Crippen LogP contribution in [0.5, 0.6) is 0 Å². The first-order chi connectivity index (χ1) is 14.1. The third-order valence-corrected chi connectivity index (χ3v) is 6.80. The Morgan fingerprint density at radius 3 is 2.38 bits per heavy atom. The normalized spacial score (nSPS) is 14.8. The topological polar surface area (TPSA) is 28.9 Å². The molecule has 7 rings (SSSR count). The summed E-state index contributed by atoms with van der Waals surface area (Å²) in [6.07, 6.45) is 0. The minimum Gasteiger partial charge on any atom is -0.456 e. The van der Waals surface area contributed by atoms with Gasteiger partial charge in [0.25, 0.3) is 0 Å². The molecule has 138 valence electrons. The van der Waals surface area contributed by atoms with Gasteiger partial charge in [0.15, 0.2) is 0 Å². The summed E-state index contributed by atoms with van der Waals surface area (Å²) >= 11 is 0. The zero-order chi connectivity index (χ0) is 19.3. The highest BCUT2D eigenvalue weighted by atomic mass is 16.3. The molecule has 0 spiro atoms. The number of para-hydroxylation sites is 2. The van der Waals surface area contributed by atoms with Gasteiger partial charge in [-0.3, -0.25) is 0 Å². The van der Waals surface area contributed by atoms with Crippen molar-refractivity contribution in [2.45, 2.75) is 19.3 Å². The molecule has 0 unspecified atom stereocenters.